The molecule has 0 aliphatic rings. The van der Waals surface area contributed by atoms with Gasteiger partial charge >= 0.3 is 5.97 Å². The van der Waals surface area contributed by atoms with E-state index in [0.29, 0.717) is 5.82 Å². The second kappa shape index (κ2) is 5.20. The van der Waals surface area contributed by atoms with E-state index in [-0.39, 0.29) is 0 Å². The van der Waals surface area contributed by atoms with Gasteiger partial charge in [-0.3, -0.25) is 0 Å². The maximum atomic E-state index is 10.4. The molecule has 4 nitrogen and oxygen atoms in total. The molecule has 0 amide bonds. The quantitative estimate of drug-likeness (QED) is 0.885. The molecule has 0 radical (unpaired) electrons. The Bertz CT molecular complexity index is 580. The fourth-order valence-corrected chi connectivity index (χ4v) is 2.58. The summed E-state index contributed by atoms with van der Waals surface area (Å²) in [4.78, 5) is 19.6. The number of carboxylic acids is 1. The van der Waals surface area contributed by atoms with E-state index in [1.165, 1.54) is 6.08 Å². The number of rotatable bonds is 3. The van der Waals surface area contributed by atoms with E-state index in [9.17, 15) is 4.79 Å². The van der Waals surface area contributed by atoms with Gasteiger partial charge in [0.2, 0.25) is 0 Å². The summed E-state index contributed by atoms with van der Waals surface area (Å²) < 4.78 is 0.999. The smallest absolute Gasteiger partial charge is 0.328 e. The van der Waals surface area contributed by atoms with Crippen molar-refractivity contribution in [1.29, 1.82) is 0 Å². The average Bonchev–Trinajstić information content (AvgIpc) is 2.74. The number of carboxylic acid groups (broad SMARTS) is 1. The highest BCUT2D eigenvalue weighted by Gasteiger charge is 2.03. The van der Waals surface area contributed by atoms with Crippen molar-refractivity contribution >= 4 is 39.3 Å². The number of thiophene rings is 1. The number of halogens is 1. The van der Waals surface area contributed by atoms with Crippen molar-refractivity contribution in [3.63, 3.8) is 0 Å². The van der Waals surface area contributed by atoms with Gasteiger partial charge in [0.25, 0.3) is 0 Å². The molecule has 6 heteroatoms. The number of carbonyl (C=O) groups is 1. The minimum absolute atomic E-state index is 0.384. The molecule has 0 atom stereocenters. The lowest BCUT2D eigenvalue weighted by Gasteiger charge is -1.97. The maximum Gasteiger partial charge on any atom is 0.328 e. The highest BCUT2D eigenvalue weighted by molar-refractivity contribution is 9.10. The van der Waals surface area contributed by atoms with E-state index in [2.05, 4.69) is 25.9 Å². The lowest BCUT2D eigenvalue weighted by molar-refractivity contribution is -0.131. The van der Waals surface area contributed by atoms with Crippen molar-refractivity contribution in [1.82, 2.24) is 9.97 Å². The van der Waals surface area contributed by atoms with Gasteiger partial charge in [0, 0.05) is 22.1 Å². The van der Waals surface area contributed by atoms with Crippen molar-refractivity contribution < 1.29 is 9.90 Å². The molecule has 86 valence electrons. The van der Waals surface area contributed by atoms with Gasteiger partial charge in [0.05, 0.1) is 10.6 Å². The van der Waals surface area contributed by atoms with Crippen molar-refractivity contribution in [2.45, 2.75) is 0 Å². The molecule has 0 aromatic carbocycles. The molecule has 0 fully saturated rings. The number of aromatic nitrogens is 2. The van der Waals surface area contributed by atoms with Crippen LogP contribution in [0.5, 0.6) is 0 Å². The molecular weight excluding hydrogens is 304 g/mol. The monoisotopic (exact) mass is 310 g/mol. The van der Waals surface area contributed by atoms with Crippen molar-refractivity contribution in [3.8, 4) is 10.6 Å². The Balaban J connectivity index is 2.31. The van der Waals surface area contributed by atoms with Crippen LogP contribution in [0.1, 0.15) is 5.82 Å². The predicted octanol–water partition coefficient (Wildman–Crippen LogP) is 3.07. The van der Waals surface area contributed by atoms with Gasteiger partial charge < -0.3 is 5.11 Å². The standard InChI is InChI=1S/C11H7BrN2O2S/c12-7-5-9(17-6-7)8-3-4-13-10(14-8)1-2-11(15)16/h1-6H,(H,15,16)/b2-1+. The van der Waals surface area contributed by atoms with Gasteiger partial charge in [-0.2, -0.15) is 0 Å². The van der Waals surface area contributed by atoms with E-state index in [1.807, 2.05) is 11.4 Å². The first kappa shape index (κ1) is 11.9. The summed E-state index contributed by atoms with van der Waals surface area (Å²) in [7, 11) is 0. The molecule has 2 aromatic rings. The molecule has 2 rings (SSSR count). The molecule has 0 bridgehead atoms. The number of hydrogen-bond acceptors (Lipinski definition) is 4. The normalized spacial score (nSPS) is 10.9. The molecule has 0 aliphatic heterocycles. The third-order valence-corrected chi connectivity index (χ3v) is 3.58. The Kier molecular flexibility index (Phi) is 3.65. The first-order chi connectivity index (χ1) is 8.15. The van der Waals surface area contributed by atoms with Gasteiger partial charge in [-0.1, -0.05) is 0 Å². The minimum Gasteiger partial charge on any atom is -0.478 e. The topological polar surface area (TPSA) is 63.1 Å². The first-order valence-electron chi connectivity index (χ1n) is 4.63. The summed E-state index contributed by atoms with van der Waals surface area (Å²) in [5.74, 6) is -0.632. The van der Waals surface area contributed by atoms with E-state index < -0.39 is 5.97 Å². The van der Waals surface area contributed by atoms with Crippen LogP contribution in [0.25, 0.3) is 16.6 Å². The number of nitrogens with zero attached hydrogens (tertiary/aromatic N) is 2. The minimum atomic E-state index is -1.02. The Morgan fingerprint density at radius 1 is 1.53 bits per heavy atom. The predicted molar refractivity (Wildman–Crippen MR) is 69.7 cm³/mol. The average molecular weight is 311 g/mol. The summed E-state index contributed by atoms with van der Waals surface area (Å²) in [6.45, 7) is 0. The van der Waals surface area contributed by atoms with Gasteiger partial charge in [0.15, 0.2) is 5.82 Å². The van der Waals surface area contributed by atoms with Crippen LogP contribution in [0.4, 0.5) is 0 Å². The van der Waals surface area contributed by atoms with Crippen molar-refractivity contribution in [2.24, 2.45) is 0 Å². The van der Waals surface area contributed by atoms with Gasteiger partial charge in [-0.15, -0.1) is 11.3 Å². The van der Waals surface area contributed by atoms with Crippen LogP contribution in [0.2, 0.25) is 0 Å². The van der Waals surface area contributed by atoms with Gasteiger partial charge in [-0.05, 0) is 34.1 Å². The summed E-state index contributed by atoms with van der Waals surface area (Å²) in [5.41, 5.74) is 0.778. The maximum absolute atomic E-state index is 10.4. The van der Waals surface area contributed by atoms with Crippen molar-refractivity contribution in [3.05, 3.63) is 40.1 Å². The molecular formula is C11H7BrN2O2S. The summed E-state index contributed by atoms with van der Waals surface area (Å²) in [5, 5.41) is 10.5. The zero-order valence-corrected chi connectivity index (χ0v) is 10.9. The number of hydrogen-bond donors (Lipinski definition) is 1. The molecule has 0 aliphatic carbocycles. The fourth-order valence-electron chi connectivity index (χ4n) is 1.18. The largest absolute Gasteiger partial charge is 0.478 e. The number of aliphatic carboxylic acids is 1. The van der Waals surface area contributed by atoms with Gasteiger partial charge in [0.1, 0.15) is 0 Å². The van der Waals surface area contributed by atoms with Crippen molar-refractivity contribution in [2.75, 3.05) is 0 Å². The third kappa shape index (κ3) is 3.21. The molecule has 2 heterocycles. The lowest BCUT2D eigenvalue weighted by Crippen LogP contribution is -1.91. The first-order valence-corrected chi connectivity index (χ1v) is 6.31. The summed E-state index contributed by atoms with van der Waals surface area (Å²) in [6.07, 6.45) is 4.00. The van der Waals surface area contributed by atoms with Crippen LogP contribution in [-0.4, -0.2) is 21.0 Å². The third-order valence-electron chi connectivity index (χ3n) is 1.87. The molecule has 0 spiro atoms. The highest BCUT2D eigenvalue weighted by Crippen LogP contribution is 2.28. The van der Waals surface area contributed by atoms with Crippen LogP contribution in [0.15, 0.2) is 34.3 Å². The fraction of sp³-hybridized carbons (Fsp3) is 0. The molecule has 1 N–H and O–H groups in total. The zero-order valence-electron chi connectivity index (χ0n) is 8.50. The summed E-state index contributed by atoms with van der Waals surface area (Å²) in [6, 6.07) is 3.74. The van der Waals surface area contributed by atoms with Crippen LogP contribution >= 0.6 is 27.3 Å². The van der Waals surface area contributed by atoms with Gasteiger partial charge in [-0.25, -0.2) is 14.8 Å². The molecule has 0 saturated carbocycles. The molecule has 2 aromatic heterocycles. The van der Waals surface area contributed by atoms with Crippen LogP contribution in [0, 0.1) is 0 Å². The Morgan fingerprint density at radius 3 is 3.00 bits per heavy atom. The van der Waals surface area contributed by atoms with Crippen LogP contribution < -0.4 is 0 Å². The Hall–Kier alpha value is -1.53. The second-order valence-electron chi connectivity index (χ2n) is 3.10. The van der Waals surface area contributed by atoms with E-state index in [4.69, 9.17) is 5.11 Å². The van der Waals surface area contributed by atoms with E-state index >= 15 is 0 Å². The Morgan fingerprint density at radius 2 is 2.35 bits per heavy atom. The second-order valence-corrected chi connectivity index (χ2v) is 4.93. The van der Waals surface area contributed by atoms with E-state index in [1.54, 1.807) is 23.6 Å². The lowest BCUT2D eigenvalue weighted by atomic mass is 10.3. The SMILES string of the molecule is O=C(O)/C=C/c1nccc(-c2cc(Br)cs2)n1. The van der Waals surface area contributed by atoms with E-state index in [0.717, 1.165) is 21.1 Å². The van der Waals surface area contributed by atoms with Crippen LogP contribution in [-0.2, 0) is 4.79 Å². The molecule has 0 saturated heterocycles. The highest BCUT2D eigenvalue weighted by atomic mass is 79.9. The molecule has 17 heavy (non-hydrogen) atoms. The summed E-state index contributed by atoms with van der Waals surface area (Å²) >= 11 is 4.93. The zero-order chi connectivity index (χ0) is 12.3. The van der Waals surface area contributed by atoms with Crippen LogP contribution in [0.3, 0.4) is 0 Å². The Labute approximate surface area is 110 Å². The molecule has 0 unspecified atom stereocenters.